The lowest BCUT2D eigenvalue weighted by Gasteiger charge is -2.05. The molecule has 2 aromatic rings. The summed E-state index contributed by atoms with van der Waals surface area (Å²) in [6.07, 6.45) is 0. The van der Waals surface area contributed by atoms with Gasteiger partial charge >= 0.3 is 5.97 Å². The molecular weight excluding hydrogens is 322 g/mol. The highest BCUT2D eigenvalue weighted by Crippen LogP contribution is 2.20. The molecule has 1 aromatic carbocycles. The Morgan fingerprint density at radius 2 is 2.10 bits per heavy atom. The summed E-state index contributed by atoms with van der Waals surface area (Å²) in [4.78, 5) is 10.7. The molecule has 0 aliphatic heterocycles. The molecule has 0 bridgehead atoms. The Balaban J connectivity index is 2.12. The summed E-state index contributed by atoms with van der Waals surface area (Å²) < 4.78 is 26.4. The number of benzene rings is 1. The maximum absolute atomic E-state index is 12.0. The molecule has 0 aliphatic rings. The lowest BCUT2D eigenvalue weighted by molar-refractivity contribution is 0.0697. The van der Waals surface area contributed by atoms with Gasteiger partial charge in [-0.2, -0.15) is 0 Å². The number of carboxylic acid groups (broad SMARTS) is 1. The topological polar surface area (TPSA) is 83.5 Å². The third-order valence-corrected chi connectivity index (χ3v) is 5.52. The van der Waals surface area contributed by atoms with E-state index >= 15 is 0 Å². The minimum Gasteiger partial charge on any atom is -0.478 e. The average molecular weight is 332 g/mol. The number of aromatic carboxylic acids is 1. The van der Waals surface area contributed by atoms with Gasteiger partial charge in [0.2, 0.25) is 10.0 Å². The second-order valence-corrected chi connectivity index (χ2v) is 7.26. The van der Waals surface area contributed by atoms with Crippen LogP contribution in [0.2, 0.25) is 5.02 Å². The van der Waals surface area contributed by atoms with Gasteiger partial charge in [0.15, 0.2) is 0 Å². The first-order valence-corrected chi connectivity index (χ1v) is 8.18. The molecule has 0 radical (unpaired) electrons. The molecule has 5 nitrogen and oxygen atoms in total. The van der Waals surface area contributed by atoms with Gasteiger partial charge in [0.05, 0.1) is 5.56 Å². The van der Waals surface area contributed by atoms with E-state index in [-0.39, 0.29) is 16.3 Å². The van der Waals surface area contributed by atoms with E-state index in [2.05, 4.69) is 4.72 Å². The summed E-state index contributed by atoms with van der Waals surface area (Å²) in [6.45, 7) is 0.0865. The number of nitrogens with one attached hydrogen (secondary N) is 1. The lowest BCUT2D eigenvalue weighted by Crippen LogP contribution is -2.22. The molecule has 0 saturated carbocycles. The molecule has 0 spiro atoms. The van der Waals surface area contributed by atoms with Crippen LogP contribution in [0.25, 0.3) is 0 Å². The average Bonchev–Trinajstić information content (AvgIpc) is 2.87. The van der Waals surface area contributed by atoms with Gasteiger partial charge in [0.25, 0.3) is 0 Å². The smallest absolute Gasteiger partial charge is 0.336 e. The van der Waals surface area contributed by atoms with Crippen LogP contribution in [0.5, 0.6) is 0 Å². The van der Waals surface area contributed by atoms with Crippen molar-refractivity contribution in [2.45, 2.75) is 10.8 Å². The second-order valence-electron chi connectivity index (χ2n) is 3.91. The van der Waals surface area contributed by atoms with E-state index in [9.17, 15) is 13.2 Å². The molecule has 1 aromatic heterocycles. The molecule has 106 valence electrons. The maximum Gasteiger partial charge on any atom is 0.336 e. The molecule has 8 heteroatoms. The number of carbonyl (C=O) groups is 1. The Hall–Kier alpha value is -1.41. The summed E-state index contributed by atoms with van der Waals surface area (Å²) in [5.74, 6) is -1.16. The fraction of sp³-hybridized carbons (Fsp3) is 0.0833. The van der Waals surface area contributed by atoms with Crippen LogP contribution < -0.4 is 4.72 Å². The molecule has 2 N–H and O–H groups in total. The van der Waals surface area contributed by atoms with Crippen molar-refractivity contribution in [1.82, 2.24) is 4.72 Å². The monoisotopic (exact) mass is 331 g/mol. The molecule has 20 heavy (non-hydrogen) atoms. The third kappa shape index (κ3) is 3.57. The molecule has 0 aliphatic carbocycles. The van der Waals surface area contributed by atoms with Gasteiger partial charge in [-0.05, 0) is 23.8 Å². The highest BCUT2D eigenvalue weighted by Gasteiger charge is 2.18. The molecular formula is C12H10ClNO4S2. The predicted molar refractivity (Wildman–Crippen MR) is 76.8 cm³/mol. The van der Waals surface area contributed by atoms with Crippen molar-refractivity contribution in [1.29, 1.82) is 0 Å². The first-order valence-electron chi connectivity index (χ1n) is 5.44. The second kappa shape index (κ2) is 5.92. The maximum atomic E-state index is 12.0. The molecule has 1 heterocycles. The third-order valence-electron chi connectivity index (χ3n) is 2.44. The van der Waals surface area contributed by atoms with Crippen LogP contribution in [-0.2, 0) is 16.6 Å². The summed E-state index contributed by atoms with van der Waals surface area (Å²) >= 11 is 6.68. The summed E-state index contributed by atoms with van der Waals surface area (Å²) in [6, 6.07) is 7.94. The van der Waals surface area contributed by atoms with E-state index < -0.39 is 16.0 Å². The summed E-state index contributed by atoms with van der Waals surface area (Å²) in [5, 5.41) is 10.6. The fourth-order valence-corrected chi connectivity index (χ4v) is 3.89. The number of thiophene rings is 1. The van der Waals surface area contributed by atoms with Gasteiger partial charge in [-0.1, -0.05) is 23.7 Å². The first-order chi connectivity index (χ1) is 9.38. The van der Waals surface area contributed by atoms with Gasteiger partial charge in [-0.15, -0.1) is 11.3 Å². The van der Waals surface area contributed by atoms with Gasteiger partial charge in [0.1, 0.15) is 4.21 Å². The Labute approximate surface area is 124 Å². The van der Waals surface area contributed by atoms with Crippen LogP contribution >= 0.6 is 22.9 Å². The number of rotatable bonds is 5. The first kappa shape index (κ1) is 15.0. The van der Waals surface area contributed by atoms with Crippen LogP contribution in [0, 0.1) is 0 Å². The van der Waals surface area contributed by atoms with Crippen molar-refractivity contribution in [3.05, 3.63) is 51.9 Å². The minimum atomic E-state index is -3.72. The van der Waals surface area contributed by atoms with E-state index in [4.69, 9.17) is 16.7 Å². The van der Waals surface area contributed by atoms with Crippen molar-refractivity contribution in [3.8, 4) is 0 Å². The Morgan fingerprint density at radius 1 is 1.35 bits per heavy atom. The number of sulfonamides is 1. The molecule has 0 atom stereocenters. The quantitative estimate of drug-likeness (QED) is 0.882. The molecule has 0 unspecified atom stereocenters. The predicted octanol–water partition coefficient (Wildman–Crippen LogP) is 2.58. The Bertz CT molecular complexity index is 739. The van der Waals surface area contributed by atoms with Crippen molar-refractivity contribution >= 4 is 38.9 Å². The zero-order valence-corrected chi connectivity index (χ0v) is 12.4. The van der Waals surface area contributed by atoms with Gasteiger partial charge in [-0.25, -0.2) is 17.9 Å². The minimum absolute atomic E-state index is 0.0306. The zero-order chi connectivity index (χ0) is 14.8. The molecule has 0 fully saturated rings. The molecule has 2 rings (SSSR count). The standard InChI is InChI=1S/C12H10ClNO4S2/c13-10-3-1-2-8(4-10)6-14-20(17,18)11-5-9(7-19-11)12(15)16/h1-5,7,14H,6H2,(H,15,16). The zero-order valence-electron chi connectivity index (χ0n) is 10.0. The van der Waals surface area contributed by atoms with Crippen LogP contribution in [0.4, 0.5) is 0 Å². The lowest BCUT2D eigenvalue weighted by atomic mass is 10.2. The number of hydrogen-bond acceptors (Lipinski definition) is 4. The van der Waals surface area contributed by atoms with Crippen molar-refractivity contribution in [2.75, 3.05) is 0 Å². The van der Waals surface area contributed by atoms with Crippen LogP contribution in [0.1, 0.15) is 15.9 Å². The highest BCUT2D eigenvalue weighted by molar-refractivity contribution is 7.91. The summed E-state index contributed by atoms with van der Waals surface area (Å²) in [7, 11) is -3.72. The summed E-state index contributed by atoms with van der Waals surface area (Å²) in [5.41, 5.74) is 0.675. The molecule has 0 saturated heterocycles. The van der Waals surface area contributed by atoms with E-state index in [0.717, 1.165) is 23.0 Å². The van der Waals surface area contributed by atoms with E-state index in [0.29, 0.717) is 5.02 Å². The van der Waals surface area contributed by atoms with E-state index in [1.807, 2.05) is 0 Å². The number of hydrogen-bond donors (Lipinski definition) is 2. The van der Waals surface area contributed by atoms with Crippen LogP contribution in [0.15, 0.2) is 39.9 Å². The van der Waals surface area contributed by atoms with Gasteiger partial charge < -0.3 is 5.11 Å². The fourth-order valence-electron chi connectivity index (χ4n) is 1.47. The van der Waals surface area contributed by atoms with Gasteiger partial charge in [0, 0.05) is 16.9 Å². The Kier molecular flexibility index (Phi) is 4.44. The van der Waals surface area contributed by atoms with Crippen molar-refractivity contribution in [2.24, 2.45) is 0 Å². The van der Waals surface area contributed by atoms with Gasteiger partial charge in [-0.3, -0.25) is 0 Å². The normalized spacial score (nSPS) is 11.4. The largest absolute Gasteiger partial charge is 0.478 e. The highest BCUT2D eigenvalue weighted by atomic mass is 35.5. The number of carboxylic acids is 1. The van der Waals surface area contributed by atoms with Crippen LogP contribution in [-0.4, -0.2) is 19.5 Å². The number of halogens is 1. The van der Waals surface area contributed by atoms with E-state index in [1.165, 1.54) is 5.38 Å². The SMILES string of the molecule is O=C(O)c1csc(S(=O)(=O)NCc2cccc(Cl)c2)c1. The van der Waals surface area contributed by atoms with Crippen molar-refractivity contribution in [3.63, 3.8) is 0 Å². The van der Waals surface area contributed by atoms with Crippen LogP contribution in [0.3, 0.4) is 0 Å². The van der Waals surface area contributed by atoms with E-state index in [1.54, 1.807) is 24.3 Å². The molecule has 0 amide bonds. The Morgan fingerprint density at radius 3 is 2.70 bits per heavy atom. The van der Waals surface area contributed by atoms with Crippen molar-refractivity contribution < 1.29 is 18.3 Å².